The highest BCUT2D eigenvalue weighted by Gasteiger charge is 2.25. The van der Waals surface area contributed by atoms with E-state index >= 15 is 0 Å². The average Bonchev–Trinajstić information content (AvgIpc) is 2.68. The number of benzene rings is 1. The number of thiazole rings is 1. The molecule has 0 radical (unpaired) electrons. The Labute approximate surface area is 98.7 Å². The summed E-state index contributed by atoms with van der Waals surface area (Å²) in [7, 11) is 0. The molecule has 0 unspecified atom stereocenters. The number of hydrogen-bond donors (Lipinski definition) is 2. The van der Waals surface area contributed by atoms with E-state index in [0.29, 0.717) is 6.04 Å². The van der Waals surface area contributed by atoms with Gasteiger partial charge in [0.2, 0.25) is 0 Å². The maximum Gasteiger partial charge on any atom is 0.106 e. The van der Waals surface area contributed by atoms with Crippen molar-refractivity contribution in [1.82, 2.24) is 4.98 Å². The van der Waals surface area contributed by atoms with Gasteiger partial charge in [0, 0.05) is 6.04 Å². The summed E-state index contributed by atoms with van der Waals surface area (Å²) in [4.78, 5) is 4.30. The van der Waals surface area contributed by atoms with Crippen LogP contribution in [0.15, 0.2) is 17.6 Å². The molecular weight excluding hydrogens is 218 g/mol. The molecule has 1 aliphatic carbocycles. The fourth-order valence-corrected chi connectivity index (χ4v) is 3.01. The van der Waals surface area contributed by atoms with Crippen molar-refractivity contribution in [3.05, 3.63) is 17.6 Å². The fraction of sp³-hybridized carbons (Fsp3) is 0.417. The van der Waals surface area contributed by atoms with Crippen LogP contribution in [-0.2, 0) is 0 Å². The molecule has 1 heterocycles. The Morgan fingerprint density at radius 1 is 1.44 bits per heavy atom. The van der Waals surface area contributed by atoms with Crippen molar-refractivity contribution in [2.24, 2.45) is 5.92 Å². The molecule has 1 aromatic heterocycles. The molecule has 4 heteroatoms. The van der Waals surface area contributed by atoms with Crippen LogP contribution in [0.1, 0.15) is 19.8 Å². The molecule has 16 heavy (non-hydrogen) atoms. The first-order valence-electron chi connectivity index (χ1n) is 5.62. The van der Waals surface area contributed by atoms with Gasteiger partial charge in [0.1, 0.15) is 5.52 Å². The summed E-state index contributed by atoms with van der Waals surface area (Å²) in [6.45, 7) is 2.28. The molecule has 3 rings (SSSR count). The number of nitrogen functional groups attached to an aromatic ring is 1. The second-order valence-electron chi connectivity index (χ2n) is 4.64. The minimum absolute atomic E-state index is 0.591. The van der Waals surface area contributed by atoms with Gasteiger partial charge in [0.25, 0.3) is 0 Å². The molecule has 0 spiro atoms. The van der Waals surface area contributed by atoms with Crippen molar-refractivity contribution in [3.8, 4) is 0 Å². The molecule has 3 N–H and O–H groups in total. The van der Waals surface area contributed by atoms with Crippen molar-refractivity contribution in [1.29, 1.82) is 0 Å². The highest BCUT2D eigenvalue weighted by atomic mass is 32.1. The lowest BCUT2D eigenvalue weighted by molar-refractivity contribution is 0.309. The minimum atomic E-state index is 0.591. The van der Waals surface area contributed by atoms with Crippen LogP contribution in [0, 0.1) is 5.92 Å². The number of fused-ring (bicyclic) bond motifs is 1. The standard InChI is InChI=1S/C12H15N3S/c1-7-4-8(5-7)15-9-2-3-10-12(11(9)13)14-6-16-10/h2-3,6-8,15H,4-5,13H2,1H3. The van der Waals surface area contributed by atoms with Crippen LogP contribution in [0.2, 0.25) is 0 Å². The Hall–Kier alpha value is -1.29. The molecule has 1 fully saturated rings. The first kappa shape index (κ1) is 9.90. The lowest BCUT2D eigenvalue weighted by Crippen LogP contribution is -2.33. The van der Waals surface area contributed by atoms with Crippen LogP contribution < -0.4 is 11.1 Å². The van der Waals surface area contributed by atoms with Crippen LogP contribution in [0.3, 0.4) is 0 Å². The van der Waals surface area contributed by atoms with E-state index in [4.69, 9.17) is 5.73 Å². The van der Waals surface area contributed by atoms with E-state index in [1.807, 2.05) is 5.51 Å². The van der Waals surface area contributed by atoms with E-state index in [-0.39, 0.29) is 0 Å². The van der Waals surface area contributed by atoms with Gasteiger partial charge in [-0.05, 0) is 30.9 Å². The smallest absolute Gasteiger partial charge is 0.106 e. The molecule has 0 bridgehead atoms. The zero-order chi connectivity index (χ0) is 11.1. The van der Waals surface area contributed by atoms with Crippen LogP contribution in [0.25, 0.3) is 10.2 Å². The molecule has 1 aromatic carbocycles. The third kappa shape index (κ3) is 1.53. The molecule has 0 amide bonds. The largest absolute Gasteiger partial charge is 0.395 e. The highest BCUT2D eigenvalue weighted by molar-refractivity contribution is 7.16. The first-order valence-corrected chi connectivity index (χ1v) is 6.50. The maximum absolute atomic E-state index is 6.11. The topological polar surface area (TPSA) is 50.9 Å². The average molecular weight is 233 g/mol. The number of nitrogens with one attached hydrogen (secondary N) is 1. The second-order valence-corrected chi connectivity index (χ2v) is 5.53. The Bertz CT molecular complexity index is 514. The van der Waals surface area contributed by atoms with Gasteiger partial charge in [0.15, 0.2) is 0 Å². The van der Waals surface area contributed by atoms with Crippen molar-refractivity contribution in [2.75, 3.05) is 11.1 Å². The van der Waals surface area contributed by atoms with Gasteiger partial charge in [-0.15, -0.1) is 11.3 Å². The number of hydrogen-bond acceptors (Lipinski definition) is 4. The summed E-state index contributed by atoms with van der Waals surface area (Å²) in [5, 5.41) is 3.50. The summed E-state index contributed by atoms with van der Waals surface area (Å²) in [6.07, 6.45) is 2.49. The van der Waals surface area contributed by atoms with Crippen LogP contribution in [-0.4, -0.2) is 11.0 Å². The first-order chi connectivity index (χ1) is 7.74. The zero-order valence-electron chi connectivity index (χ0n) is 9.23. The third-order valence-electron chi connectivity index (χ3n) is 3.27. The van der Waals surface area contributed by atoms with E-state index in [1.54, 1.807) is 11.3 Å². The minimum Gasteiger partial charge on any atom is -0.395 e. The number of nitrogens with two attached hydrogens (primary N) is 1. The zero-order valence-corrected chi connectivity index (χ0v) is 10.1. The maximum atomic E-state index is 6.11. The van der Waals surface area contributed by atoms with Gasteiger partial charge in [-0.2, -0.15) is 0 Å². The van der Waals surface area contributed by atoms with Crippen molar-refractivity contribution in [2.45, 2.75) is 25.8 Å². The summed E-state index contributed by atoms with van der Waals surface area (Å²) >= 11 is 1.63. The van der Waals surface area contributed by atoms with Crippen LogP contribution in [0.4, 0.5) is 11.4 Å². The van der Waals surface area contributed by atoms with Gasteiger partial charge in [-0.1, -0.05) is 6.92 Å². The van der Waals surface area contributed by atoms with E-state index < -0.39 is 0 Å². The Morgan fingerprint density at radius 2 is 2.25 bits per heavy atom. The van der Waals surface area contributed by atoms with Crippen molar-refractivity contribution in [3.63, 3.8) is 0 Å². The van der Waals surface area contributed by atoms with Gasteiger partial charge in [-0.25, -0.2) is 4.98 Å². The monoisotopic (exact) mass is 233 g/mol. The van der Waals surface area contributed by atoms with Crippen LogP contribution in [0.5, 0.6) is 0 Å². The molecule has 0 atom stereocenters. The molecule has 0 saturated heterocycles. The lowest BCUT2D eigenvalue weighted by Gasteiger charge is -2.34. The number of anilines is 2. The number of rotatable bonds is 2. The number of aromatic nitrogens is 1. The Morgan fingerprint density at radius 3 is 3.00 bits per heavy atom. The van der Waals surface area contributed by atoms with Gasteiger partial charge in [-0.3, -0.25) is 0 Å². The van der Waals surface area contributed by atoms with Crippen molar-refractivity contribution >= 4 is 32.9 Å². The van der Waals surface area contributed by atoms with Crippen molar-refractivity contribution < 1.29 is 0 Å². The number of nitrogens with zero attached hydrogens (tertiary/aromatic N) is 1. The molecule has 0 aliphatic heterocycles. The van der Waals surface area contributed by atoms with Crippen LogP contribution >= 0.6 is 11.3 Å². The van der Waals surface area contributed by atoms with Gasteiger partial charge < -0.3 is 11.1 Å². The molecule has 1 aliphatic rings. The quantitative estimate of drug-likeness (QED) is 0.784. The Balaban J connectivity index is 1.88. The lowest BCUT2D eigenvalue weighted by atomic mass is 9.82. The summed E-state index contributed by atoms with van der Waals surface area (Å²) in [5.74, 6) is 0.849. The summed E-state index contributed by atoms with van der Waals surface area (Å²) < 4.78 is 1.16. The van der Waals surface area contributed by atoms with Gasteiger partial charge >= 0.3 is 0 Å². The van der Waals surface area contributed by atoms with Gasteiger partial charge in [0.05, 0.1) is 21.6 Å². The molecule has 84 valence electrons. The summed E-state index contributed by atoms with van der Waals surface area (Å²) in [6, 6.07) is 4.75. The second kappa shape index (κ2) is 3.63. The van der Waals surface area contributed by atoms with E-state index in [9.17, 15) is 0 Å². The van der Waals surface area contributed by atoms with E-state index in [1.165, 1.54) is 12.8 Å². The molecule has 2 aromatic rings. The molecular formula is C12H15N3S. The normalized spacial score (nSPS) is 24.3. The van der Waals surface area contributed by atoms with E-state index in [2.05, 4.69) is 29.4 Å². The molecule has 3 nitrogen and oxygen atoms in total. The predicted octanol–water partition coefficient (Wildman–Crippen LogP) is 3.09. The Kier molecular flexibility index (Phi) is 2.24. The predicted molar refractivity (Wildman–Crippen MR) is 69.8 cm³/mol. The molecule has 1 saturated carbocycles. The SMILES string of the molecule is CC1CC(Nc2ccc3scnc3c2N)C1. The third-order valence-corrected chi connectivity index (χ3v) is 4.07. The van der Waals surface area contributed by atoms with E-state index in [0.717, 1.165) is 27.5 Å². The fourth-order valence-electron chi connectivity index (χ4n) is 2.32. The summed E-state index contributed by atoms with van der Waals surface area (Å²) in [5.41, 5.74) is 10.7. The highest BCUT2D eigenvalue weighted by Crippen LogP contribution is 2.34.